The van der Waals surface area contributed by atoms with E-state index in [9.17, 15) is 15.0 Å². The molecule has 0 spiro atoms. The third kappa shape index (κ3) is 4.75. The average molecular weight is 507 g/mol. The van der Waals surface area contributed by atoms with Gasteiger partial charge >= 0.3 is 5.97 Å². The molecular formula is C28H30N2O7. The van der Waals surface area contributed by atoms with Crippen molar-refractivity contribution in [3.63, 3.8) is 0 Å². The number of aliphatic carboxylic acids is 1. The maximum atomic E-state index is 11.3. The number of aliphatic hydroxyl groups is 1. The Morgan fingerprint density at radius 2 is 1.78 bits per heavy atom. The second-order valence-corrected chi connectivity index (χ2v) is 8.85. The number of nitrogens with one attached hydrogen (secondary N) is 1. The highest BCUT2D eigenvalue weighted by Crippen LogP contribution is 2.44. The number of aliphatic hydroxyl groups excluding tert-OH is 1. The van der Waals surface area contributed by atoms with E-state index in [0.29, 0.717) is 30.3 Å². The van der Waals surface area contributed by atoms with Gasteiger partial charge in [-0.3, -0.25) is 10.1 Å². The zero-order valence-electron chi connectivity index (χ0n) is 20.8. The molecule has 5 rings (SSSR count). The van der Waals surface area contributed by atoms with E-state index in [1.54, 1.807) is 14.2 Å². The first kappa shape index (κ1) is 24.7. The van der Waals surface area contributed by atoms with E-state index in [1.165, 1.54) is 5.56 Å². The van der Waals surface area contributed by atoms with Crippen molar-refractivity contribution in [2.45, 2.75) is 19.0 Å². The topological polar surface area (TPSA) is 110 Å². The molecule has 9 nitrogen and oxygen atoms in total. The summed E-state index contributed by atoms with van der Waals surface area (Å²) in [5.41, 5.74) is 6.17. The maximum absolute atomic E-state index is 11.3. The van der Waals surface area contributed by atoms with Gasteiger partial charge in [-0.1, -0.05) is 18.2 Å². The van der Waals surface area contributed by atoms with E-state index < -0.39 is 18.6 Å². The van der Waals surface area contributed by atoms with Gasteiger partial charge in [0.2, 0.25) is 0 Å². The monoisotopic (exact) mass is 506 g/mol. The highest BCUT2D eigenvalue weighted by molar-refractivity contribution is 5.82. The Hall–Kier alpha value is -3.95. The van der Waals surface area contributed by atoms with Crippen LogP contribution in [-0.4, -0.2) is 62.8 Å². The van der Waals surface area contributed by atoms with Crippen LogP contribution in [0.1, 0.15) is 11.1 Å². The summed E-state index contributed by atoms with van der Waals surface area (Å²) in [5.74, 6) is 1.55. The number of nitrogens with zero attached hydrogens (tertiary/aromatic N) is 1. The molecule has 0 aromatic heterocycles. The molecule has 9 heteroatoms. The van der Waals surface area contributed by atoms with Crippen LogP contribution in [0.5, 0.6) is 23.0 Å². The Kier molecular flexibility index (Phi) is 7.07. The second-order valence-electron chi connectivity index (χ2n) is 8.85. The summed E-state index contributed by atoms with van der Waals surface area (Å²) in [5, 5.41) is 21.4. The van der Waals surface area contributed by atoms with Gasteiger partial charge in [0.05, 0.1) is 26.4 Å². The lowest BCUT2D eigenvalue weighted by Crippen LogP contribution is -2.39. The summed E-state index contributed by atoms with van der Waals surface area (Å²) < 4.78 is 22.8. The van der Waals surface area contributed by atoms with E-state index in [2.05, 4.69) is 34.5 Å². The van der Waals surface area contributed by atoms with Crippen LogP contribution < -0.4 is 29.2 Å². The minimum atomic E-state index is -1.13. The third-order valence-corrected chi connectivity index (χ3v) is 6.79. The van der Waals surface area contributed by atoms with Crippen LogP contribution in [0.2, 0.25) is 0 Å². The smallest absolute Gasteiger partial charge is 0.323 e. The van der Waals surface area contributed by atoms with E-state index in [-0.39, 0.29) is 6.54 Å². The number of fused-ring (bicyclic) bond motifs is 2. The van der Waals surface area contributed by atoms with Gasteiger partial charge in [0, 0.05) is 36.6 Å². The molecule has 3 aromatic rings. The largest absolute Gasteiger partial charge is 0.496 e. The van der Waals surface area contributed by atoms with Gasteiger partial charge in [0.1, 0.15) is 30.8 Å². The number of hydrogen-bond acceptors (Lipinski definition) is 8. The fourth-order valence-electron chi connectivity index (χ4n) is 4.94. The van der Waals surface area contributed by atoms with Crippen molar-refractivity contribution in [3.8, 4) is 34.1 Å². The molecule has 2 aliphatic heterocycles. The zero-order valence-corrected chi connectivity index (χ0v) is 20.8. The molecule has 37 heavy (non-hydrogen) atoms. The predicted octanol–water partition coefficient (Wildman–Crippen LogP) is 3.37. The lowest BCUT2D eigenvalue weighted by atomic mass is 9.97. The molecule has 0 fully saturated rings. The minimum absolute atomic E-state index is 0.162. The van der Waals surface area contributed by atoms with Crippen molar-refractivity contribution >= 4 is 17.3 Å². The molecule has 2 aliphatic rings. The number of ether oxygens (including phenoxy) is 4. The maximum Gasteiger partial charge on any atom is 0.323 e. The first-order chi connectivity index (χ1) is 18.0. The number of anilines is 2. The Bertz CT molecular complexity index is 1280. The third-order valence-electron chi connectivity index (χ3n) is 6.79. The number of carboxylic acids is 1. The Morgan fingerprint density at radius 3 is 2.46 bits per heavy atom. The lowest BCUT2D eigenvalue weighted by Gasteiger charge is -2.24. The molecule has 0 saturated heterocycles. The van der Waals surface area contributed by atoms with E-state index in [0.717, 1.165) is 47.0 Å². The van der Waals surface area contributed by atoms with Crippen molar-refractivity contribution in [2.24, 2.45) is 0 Å². The predicted molar refractivity (Wildman–Crippen MR) is 138 cm³/mol. The Morgan fingerprint density at radius 1 is 1.05 bits per heavy atom. The molecule has 0 amide bonds. The van der Waals surface area contributed by atoms with Crippen LogP contribution >= 0.6 is 0 Å². The van der Waals surface area contributed by atoms with Crippen LogP contribution in [0.4, 0.5) is 11.4 Å². The van der Waals surface area contributed by atoms with Crippen molar-refractivity contribution < 1.29 is 34.0 Å². The van der Waals surface area contributed by atoms with Gasteiger partial charge in [0.15, 0.2) is 11.5 Å². The number of benzene rings is 3. The van der Waals surface area contributed by atoms with Crippen molar-refractivity contribution in [1.29, 1.82) is 0 Å². The molecule has 2 heterocycles. The number of carbonyl (C=O) groups is 1. The van der Waals surface area contributed by atoms with E-state index >= 15 is 0 Å². The zero-order chi connectivity index (χ0) is 25.9. The summed E-state index contributed by atoms with van der Waals surface area (Å²) in [6.45, 7) is 1.53. The molecule has 0 bridgehead atoms. The molecule has 0 aliphatic carbocycles. The van der Waals surface area contributed by atoms with Crippen LogP contribution in [0.3, 0.4) is 0 Å². The van der Waals surface area contributed by atoms with Gasteiger partial charge in [-0.25, -0.2) is 0 Å². The summed E-state index contributed by atoms with van der Waals surface area (Å²) in [6.07, 6.45) is 0.866. The van der Waals surface area contributed by atoms with E-state index in [4.69, 9.17) is 18.9 Å². The van der Waals surface area contributed by atoms with Crippen molar-refractivity contribution in [1.82, 2.24) is 5.32 Å². The normalized spacial score (nSPS) is 14.7. The SMILES string of the molecule is COc1cc(N2CCc3c(-c4ccc5c(c4)OCCO5)cccc32)cc(OC)c1CN[C@@H](CO)C(=O)O. The molecule has 0 radical (unpaired) electrons. The highest BCUT2D eigenvalue weighted by atomic mass is 16.6. The fourth-order valence-corrected chi connectivity index (χ4v) is 4.94. The summed E-state index contributed by atoms with van der Waals surface area (Å²) >= 11 is 0. The molecule has 0 unspecified atom stereocenters. The number of carboxylic acid groups (broad SMARTS) is 1. The number of rotatable bonds is 9. The minimum Gasteiger partial charge on any atom is -0.496 e. The van der Waals surface area contributed by atoms with E-state index in [1.807, 2.05) is 24.3 Å². The first-order valence-electron chi connectivity index (χ1n) is 12.2. The second kappa shape index (κ2) is 10.6. The molecule has 3 aromatic carbocycles. The highest BCUT2D eigenvalue weighted by Gasteiger charge is 2.26. The Balaban J connectivity index is 1.47. The van der Waals surface area contributed by atoms with Gasteiger partial charge in [-0.2, -0.15) is 0 Å². The van der Waals surface area contributed by atoms with Gasteiger partial charge in [0.25, 0.3) is 0 Å². The number of methoxy groups -OCH3 is 2. The van der Waals surface area contributed by atoms with Crippen LogP contribution in [0, 0.1) is 0 Å². The van der Waals surface area contributed by atoms with Crippen molar-refractivity contribution in [2.75, 3.05) is 45.5 Å². The first-order valence-corrected chi connectivity index (χ1v) is 12.2. The molecule has 194 valence electrons. The standard InChI is InChI=1S/C28H30N2O7/c1-34-25-13-18(14-26(35-2)21(25)15-29-22(16-31)28(32)33)30-9-8-20-19(4-3-5-23(20)30)17-6-7-24-27(12-17)37-11-10-36-24/h3-7,12-14,22,29,31H,8-11,15-16H2,1-2H3,(H,32,33)/t22-/m0/s1. The molecular weight excluding hydrogens is 476 g/mol. The summed E-state index contributed by atoms with van der Waals surface area (Å²) in [7, 11) is 3.14. The van der Waals surface area contributed by atoms with Crippen LogP contribution in [-0.2, 0) is 17.8 Å². The Labute approximate surface area is 215 Å². The number of hydrogen-bond donors (Lipinski definition) is 3. The molecule has 1 atom stereocenters. The lowest BCUT2D eigenvalue weighted by molar-refractivity contribution is -0.140. The fraction of sp³-hybridized carbons (Fsp3) is 0.321. The van der Waals surface area contributed by atoms with Gasteiger partial charge < -0.3 is 34.1 Å². The van der Waals surface area contributed by atoms with Gasteiger partial charge in [-0.15, -0.1) is 0 Å². The summed E-state index contributed by atoms with van der Waals surface area (Å²) in [4.78, 5) is 13.5. The average Bonchev–Trinajstić information content (AvgIpc) is 3.37. The van der Waals surface area contributed by atoms with Crippen molar-refractivity contribution in [3.05, 3.63) is 59.7 Å². The summed E-state index contributed by atoms with van der Waals surface area (Å²) in [6, 6.07) is 15.1. The molecule has 0 saturated carbocycles. The van der Waals surface area contributed by atoms with Crippen LogP contribution in [0.25, 0.3) is 11.1 Å². The van der Waals surface area contributed by atoms with Crippen LogP contribution in [0.15, 0.2) is 48.5 Å². The molecule has 3 N–H and O–H groups in total. The van der Waals surface area contributed by atoms with Gasteiger partial charge in [-0.05, 0) is 41.3 Å². The quantitative estimate of drug-likeness (QED) is 0.402.